The van der Waals surface area contributed by atoms with Gasteiger partial charge >= 0.3 is 5.97 Å². The van der Waals surface area contributed by atoms with Crippen LogP contribution in [0, 0.1) is 0 Å². The summed E-state index contributed by atoms with van der Waals surface area (Å²) < 4.78 is 4.92. The minimum absolute atomic E-state index is 0.0891. The monoisotopic (exact) mass is 266 g/mol. The molecule has 2 aromatic rings. The Morgan fingerprint density at radius 2 is 1.75 bits per heavy atom. The van der Waals surface area contributed by atoms with E-state index in [4.69, 9.17) is 4.74 Å². The van der Waals surface area contributed by atoms with Gasteiger partial charge in [-0.15, -0.1) is 0 Å². The second-order valence-corrected chi connectivity index (χ2v) is 5.78. The number of carbonyl (C=O) groups excluding carboxylic acids is 1. The molecule has 0 amide bonds. The summed E-state index contributed by atoms with van der Waals surface area (Å²) in [5, 5.41) is 0. The third kappa shape index (κ3) is 1.75. The third-order valence-corrected chi connectivity index (χ3v) is 4.31. The maximum Gasteiger partial charge on any atom is 0.338 e. The summed E-state index contributed by atoms with van der Waals surface area (Å²) in [7, 11) is 1.43. The van der Waals surface area contributed by atoms with Crippen LogP contribution < -0.4 is 0 Å². The number of carbonyl (C=O) groups is 1. The van der Waals surface area contributed by atoms with Gasteiger partial charge in [0.1, 0.15) is 0 Å². The van der Waals surface area contributed by atoms with E-state index in [1.165, 1.54) is 23.8 Å². The summed E-state index contributed by atoms with van der Waals surface area (Å²) in [6.07, 6.45) is 0.792. The van der Waals surface area contributed by atoms with Crippen LogP contribution in [0.1, 0.15) is 46.5 Å². The zero-order valence-electron chi connectivity index (χ0n) is 12.1. The normalized spacial score (nSPS) is 15.2. The smallest absolute Gasteiger partial charge is 0.338 e. The average molecular weight is 266 g/mol. The number of esters is 1. The Bertz CT molecular complexity index is 684. The summed E-state index contributed by atoms with van der Waals surface area (Å²) >= 11 is 0. The van der Waals surface area contributed by atoms with E-state index >= 15 is 0 Å². The molecule has 0 spiro atoms. The molecule has 2 aromatic carbocycles. The predicted molar refractivity (Wildman–Crippen MR) is 79.2 cm³/mol. The van der Waals surface area contributed by atoms with Crippen molar-refractivity contribution in [1.82, 2.24) is 0 Å². The second-order valence-electron chi connectivity index (χ2n) is 5.78. The fourth-order valence-electron chi connectivity index (χ4n) is 3.28. The first-order chi connectivity index (χ1) is 9.55. The number of methoxy groups -OCH3 is 1. The Labute approximate surface area is 119 Å². The van der Waals surface area contributed by atoms with Crippen LogP contribution in [0.4, 0.5) is 0 Å². The highest BCUT2D eigenvalue weighted by Gasteiger charge is 2.34. The molecule has 102 valence electrons. The highest BCUT2D eigenvalue weighted by molar-refractivity contribution is 5.92. The summed E-state index contributed by atoms with van der Waals surface area (Å²) in [6.45, 7) is 4.43. The summed E-state index contributed by atoms with van der Waals surface area (Å²) in [6, 6.07) is 14.4. The van der Waals surface area contributed by atoms with Gasteiger partial charge in [-0.1, -0.05) is 50.2 Å². The molecule has 3 rings (SSSR count). The SMILES string of the molecule is COC(=O)c1cccc2c1Cc1ccccc1C2(C)C. The molecule has 20 heavy (non-hydrogen) atoms. The van der Waals surface area contributed by atoms with Gasteiger partial charge in [0.2, 0.25) is 0 Å². The number of fused-ring (bicyclic) bond motifs is 2. The van der Waals surface area contributed by atoms with E-state index in [9.17, 15) is 4.79 Å². The molecule has 0 unspecified atom stereocenters. The highest BCUT2D eigenvalue weighted by Crippen LogP contribution is 2.42. The van der Waals surface area contributed by atoms with Crippen molar-refractivity contribution in [2.75, 3.05) is 7.11 Å². The van der Waals surface area contributed by atoms with Crippen LogP contribution in [0.2, 0.25) is 0 Å². The molecule has 0 fully saturated rings. The van der Waals surface area contributed by atoms with Crippen LogP contribution >= 0.6 is 0 Å². The lowest BCUT2D eigenvalue weighted by Crippen LogP contribution is -2.28. The van der Waals surface area contributed by atoms with Crippen molar-refractivity contribution in [3.05, 3.63) is 70.3 Å². The van der Waals surface area contributed by atoms with Gasteiger partial charge < -0.3 is 4.74 Å². The molecule has 0 atom stereocenters. The van der Waals surface area contributed by atoms with E-state index in [1.54, 1.807) is 0 Å². The molecule has 1 aliphatic carbocycles. The fourth-order valence-corrected chi connectivity index (χ4v) is 3.28. The van der Waals surface area contributed by atoms with Gasteiger partial charge in [0.15, 0.2) is 0 Å². The molecule has 2 nitrogen and oxygen atoms in total. The molecule has 0 radical (unpaired) electrons. The van der Waals surface area contributed by atoms with E-state index in [1.807, 2.05) is 12.1 Å². The lowest BCUT2D eigenvalue weighted by molar-refractivity contribution is 0.0599. The summed E-state index contributed by atoms with van der Waals surface area (Å²) in [4.78, 5) is 12.0. The molecule has 0 N–H and O–H groups in total. The molecule has 0 heterocycles. The number of hydrogen-bond acceptors (Lipinski definition) is 2. The third-order valence-electron chi connectivity index (χ3n) is 4.31. The van der Waals surface area contributed by atoms with Gasteiger partial charge in [0.25, 0.3) is 0 Å². The van der Waals surface area contributed by atoms with Crippen LogP contribution in [0.5, 0.6) is 0 Å². The number of benzene rings is 2. The Hall–Kier alpha value is -2.09. The Morgan fingerprint density at radius 3 is 2.50 bits per heavy atom. The van der Waals surface area contributed by atoms with Gasteiger partial charge in [0.05, 0.1) is 12.7 Å². The maximum atomic E-state index is 12.0. The Balaban J connectivity index is 2.25. The molecule has 0 bridgehead atoms. The largest absolute Gasteiger partial charge is 0.465 e. The van der Waals surface area contributed by atoms with Gasteiger partial charge in [0, 0.05) is 5.41 Å². The zero-order chi connectivity index (χ0) is 14.3. The Morgan fingerprint density at radius 1 is 1.05 bits per heavy atom. The fraction of sp³-hybridized carbons (Fsp3) is 0.278. The zero-order valence-corrected chi connectivity index (χ0v) is 12.1. The van der Waals surface area contributed by atoms with Crippen LogP contribution in [-0.4, -0.2) is 13.1 Å². The number of hydrogen-bond donors (Lipinski definition) is 0. The first kappa shape index (κ1) is 12.9. The lowest BCUT2D eigenvalue weighted by Gasteiger charge is -2.35. The van der Waals surface area contributed by atoms with Crippen LogP contribution in [0.25, 0.3) is 0 Å². The van der Waals surface area contributed by atoms with Gasteiger partial charge in [-0.05, 0) is 34.7 Å². The van der Waals surface area contributed by atoms with Crippen molar-refractivity contribution in [2.24, 2.45) is 0 Å². The standard InChI is InChI=1S/C18H18O2/c1-18(2)15-9-5-4-7-12(15)11-14-13(17(19)20-3)8-6-10-16(14)18/h4-10H,11H2,1-3H3. The van der Waals surface area contributed by atoms with Crippen molar-refractivity contribution in [1.29, 1.82) is 0 Å². The minimum atomic E-state index is -0.253. The van der Waals surface area contributed by atoms with E-state index in [-0.39, 0.29) is 11.4 Å². The average Bonchev–Trinajstić information content (AvgIpc) is 2.46. The van der Waals surface area contributed by atoms with Crippen LogP contribution in [-0.2, 0) is 16.6 Å². The van der Waals surface area contributed by atoms with E-state index in [0.717, 1.165) is 12.0 Å². The summed E-state index contributed by atoms with van der Waals surface area (Å²) in [5.41, 5.74) is 5.55. The second kappa shape index (κ2) is 4.48. The molecule has 0 aliphatic heterocycles. The molecule has 2 heteroatoms. The van der Waals surface area contributed by atoms with E-state index in [2.05, 4.69) is 44.2 Å². The van der Waals surface area contributed by atoms with Crippen molar-refractivity contribution >= 4 is 5.97 Å². The van der Waals surface area contributed by atoms with Crippen LogP contribution in [0.15, 0.2) is 42.5 Å². The minimum Gasteiger partial charge on any atom is -0.465 e. The highest BCUT2D eigenvalue weighted by atomic mass is 16.5. The Kier molecular flexibility index (Phi) is 2.89. The van der Waals surface area contributed by atoms with Gasteiger partial charge in [-0.2, -0.15) is 0 Å². The van der Waals surface area contributed by atoms with Crippen LogP contribution in [0.3, 0.4) is 0 Å². The maximum absolute atomic E-state index is 12.0. The topological polar surface area (TPSA) is 26.3 Å². The molecule has 0 saturated carbocycles. The predicted octanol–water partition coefficient (Wildman–Crippen LogP) is 3.70. The lowest BCUT2D eigenvalue weighted by atomic mass is 9.68. The van der Waals surface area contributed by atoms with Gasteiger partial charge in [-0.25, -0.2) is 4.79 Å². The van der Waals surface area contributed by atoms with Crippen molar-refractivity contribution in [3.63, 3.8) is 0 Å². The van der Waals surface area contributed by atoms with Gasteiger partial charge in [-0.3, -0.25) is 0 Å². The first-order valence-corrected chi connectivity index (χ1v) is 6.84. The molecule has 1 aliphatic rings. The van der Waals surface area contributed by atoms with Crippen molar-refractivity contribution in [3.8, 4) is 0 Å². The first-order valence-electron chi connectivity index (χ1n) is 6.84. The quantitative estimate of drug-likeness (QED) is 0.736. The number of rotatable bonds is 1. The molecular formula is C18H18O2. The van der Waals surface area contributed by atoms with E-state index < -0.39 is 0 Å². The van der Waals surface area contributed by atoms with Crippen molar-refractivity contribution < 1.29 is 9.53 Å². The molecular weight excluding hydrogens is 248 g/mol. The summed E-state index contributed by atoms with van der Waals surface area (Å²) in [5.74, 6) is -0.253. The van der Waals surface area contributed by atoms with Crippen molar-refractivity contribution in [2.45, 2.75) is 25.7 Å². The molecule has 0 aromatic heterocycles. The van der Waals surface area contributed by atoms with E-state index in [0.29, 0.717) is 5.56 Å². The molecule has 0 saturated heterocycles. The number of ether oxygens (including phenoxy) is 1.